The molecule has 2 rings (SSSR count). The van der Waals surface area contributed by atoms with Crippen molar-refractivity contribution in [1.29, 1.82) is 0 Å². The number of hydrogen-bond donors (Lipinski definition) is 0. The van der Waals surface area contributed by atoms with Crippen molar-refractivity contribution in [2.24, 2.45) is 10.8 Å². The molecule has 4 nitrogen and oxygen atoms in total. The second-order valence-electron chi connectivity index (χ2n) is 5.37. The van der Waals surface area contributed by atoms with E-state index in [1.54, 1.807) is 0 Å². The molecule has 2 aliphatic rings. The first-order valence-electron chi connectivity index (χ1n) is 6.34. The van der Waals surface area contributed by atoms with Crippen molar-refractivity contribution in [3.63, 3.8) is 0 Å². The van der Waals surface area contributed by atoms with E-state index in [9.17, 15) is 9.59 Å². The zero-order valence-corrected chi connectivity index (χ0v) is 12.4. The summed E-state index contributed by atoms with van der Waals surface area (Å²) in [6, 6.07) is 0. The lowest BCUT2D eigenvalue weighted by Gasteiger charge is -2.52. The molecule has 0 aromatic rings. The van der Waals surface area contributed by atoms with Crippen molar-refractivity contribution < 1.29 is 19.1 Å². The Morgan fingerprint density at radius 3 is 1.56 bits per heavy atom. The molecule has 0 unspecified atom stereocenters. The molecular weight excluding hydrogens is 300 g/mol. The average molecular weight is 319 g/mol. The van der Waals surface area contributed by atoms with Crippen LogP contribution in [0.25, 0.3) is 0 Å². The van der Waals surface area contributed by atoms with Crippen LogP contribution in [0.15, 0.2) is 0 Å². The van der Waals surface area contributed by atoms with Crippen LogP contribution in [0.2, 0.25) is 0 Å². The predicted octanol–water partition coefficient (Wildman–Crippen LogP) is 2.44. The number of halogens is 1. The van der Waals surface area contributed by atoms with Gasteiger partial charge < -0.3 is 9.47 Å². The summed E-state index contributed by atoms with van der Waals surface area (Å²) in [4.78, 5) is 24.1. The van der Waals surface area contributed by atoms with Crippen LogP contribution in [-0.2, 0) is 19.1 Å². The molecule has 2 aliphatic carbocycles. The first-order valence-corrected chi connectivity index (χ1v) is 7.26. The highest BCUT2D eigenvalue weighted by Gasteiger charge is 2.62. The molecule has 0 N–H and O–H groups in total. The van der Waals surface area contributed by atoms with Gasteiger partial charge in [0.15, 0.2) is 0 Å². The van der Waals surface area contributed by atoms with Gasteiger partial charge in [0.05, 0.1) is 25.0 Å². The van der Waals surface area contributed by atoms with Gasteiger partial charge in [-0.05, 0) is 25.7 Å². The van der Waals surface area contributed by atoms with E-state index in [1.165, 1.54) is 14.2 Å². The summed E-state index contributed by atoms with van der Waals surface area (Å²) in [6.07, 6.45) is 4.88. The lowest BCUT2D eigenvalue weighted by molar-refractivity contribution is -0.171. The molecule has 0 amide bonds. The molecule has 0 spiro atoms. The number of hydrogen-bond acceptors (Lipinski definition) is 4. The van der Waals surface area contributed by atoms with Crippen LogP contribution in [0, 0.1) is 10.8 Å². The van der Waals surface area contributed by atoms with Crippen LogP contribution in [0.5, 0.6) is 0 Å². The maximum Gasteiger partial charge on any atom is 0.312 e. The fourth-order valence-electron chi connectivity index (χ4n) is 3.75. The number of ether oxygens (including phenoxy) is 2. The summed E-state index contributed by atoms with van der Waals surface area (Å²) in [5.74, 6) is -0.394. The van der Waals surface area contributed by atoms with Crippen LogP contribution < -0.4 is 0 Å². The summed E-state index contributed by atoms with van der Waals surface area (Å²) in [5.41, 5.74) is -1.11. The molecule has 0 saturated heterocycles. The third-order valence-corrected chi connectivity index (χ3v) is 6.40. The van der Waals surface area contributed by atoms with Crippen molar-refractivity contribution in [2.45, 2.75) is 43.4 Å². The molecule has 0 aromatic carbocycles. The molecule has 2 saturated carbocycles. The largest absolute Gasteiger partial charge is 0.469 e. The van der Waals surface area contributed by atoms with E-state index in [0.29, 0.717) is 0 Å². The molecule has 0 aromatic heterocycles. The number of fused-ring (bicyclic) bond motifs is 2. The molecule has 0 heterocycles. The molecule has 102 valence electrons. The minimum absolute atomic E-state index is 0.181. The molecule has 5 heteroatoms. The Bertz CT molecular complexity index is 324. The van der Waals surface area contributed by atoms with Gasteiger partial charge in [-0.2, -0.15) is 0 Å². The number of rotatable bonds is 2. The van der Waals surface area contributed by atoms with Gasteiger partial charge in [0, 0.05) is 4.83 Å². The maximum absolute atomic E-state index is 12.2. The van der Waals surface area contributed by atoms with E-state index < -0.39 is 10.8 Å². The van der Waals surface area contributed by atoms with Gasteiger partial charge in [0.2, 0.25) is 0 Å². The summed E-state index contributed by atoms with van der Waals surface area (Å²) in [6.45, 7) is 0. The molecule has 18 heavy (non-hydrogen) atoms. The van der Waals surface area contributed by atoms with Gasteiger partial charge >= 0.3 is 11.9 Å². The van der Waals surface area contributed by atoms with E-state index in [1.807, 2.05) is 0 Å². The van der Waals surface area contributed by atoms with Gasteiger partial charge in [-0.3, -0.25) is 9.59 Å². The number of alkyl halides is 1. The standard InChI is InChI=1S/C13H19BrO4/c1-17-10(15)12-5-3-7-13(9(12)14,8-4-6-12)11(16)18-2/h9H,3-8H2,1-2H3. The topological polar surface area (TPSA) is 52.6 Å². The Morgan fingerprint density at radius 1 is 0.944 bits per heavy atom. The monoisotopic (exact) mass is 318 g/mol. The number of carbonyl (C=O) groups excluding carboxylic acids is 2. The SMILES string of the molecule is COC(=O)C12CCCC(C(=O)OC)(CCC1)C2Br. The van der Waals surface area contributed by atoms with Crippen LogP contribution in [0.1, 0.15) is 38.5 Å². The molecule has 2 bridgehead atoms. The van der Waals surface area contributed by atoms with Gasteiger partial charge in [0.1, 0.15) is 0 Å². The normalized spacial score (nSPS) is 38.9. The molecule has 0 radical (unpaired) electrons. The van der Waals surface area contributed by atoms with Gasteiger partial charge in [0.25, 0.3) is 0 Å². The fraction of sp³-hybridized carbons (Fsp3) is 0.846. The van der Waals surface area contributed by atoms with Crippen molar-refractivity contribution in [1.82, 2.24) is 0 Å². The van der Waals surface area contributed by atoms with Crippen LogP contribution in [0.3, 0.4) is 0 Å². The Balaban J connectivity index is 2.40. The number of esters is 2. The summed E-state index contributed by atoms with van der Waals surface area (Å²) in [5, 5.41) is 0. The van der Waals surface area contributed by atoms with E-state index in [-0.39, 0.29) is 16.8 Å². The first-order chi connectivity index (χ1) is 8.53. The Labute approximate surface area is 116 Å². The highest BCUT2D eigenvalue weighted by molar-refractivity contribution is 9.09. The maximum atomic E-state index is 12.2. The quantitative estimate of drug-likeness (QED) is 0.579. The Kier molecular flexibility index (Phi) is 3.72. The van der Waals surface area contributed by atoms with Gasteiger partial charge in [-0.25, -0.2) is 0 Å². The first kappa shape index (κ1) is 13.8. The Hall–Kier alpha value is -0.580. The van der Waals surface area contributed by atoms with Gasteiger partial charge in [-0.15, -0.1) is 0 Å². The van der Waals surface area contributed by atoms with Crippen molar-refractivity contribution in [3.05, 3.63) is 0 Å². The lowest BCUT2D eigenvalue weighted by atomic mass is 9.54. The number of carbonyl (C=O) groups is 2. The van der Waals surface area contributed by atoms with Crippen LogP contribution in [-0.4, -0.2) is 31.0 Å². The van der Waals surface area contributed by atoms with Crippen LogP contribution >= 0.6 is 15.9 Å². The second-order valence-corrected chi connectivity index (χ2v) is 6.28. The third-order valence-electron chi connectivity index (χ3n) is 4.65. The summed E-state index contributed by atoms with van der Waals surface area (Å²) < 4.78 is 9.95. The fourth-order valence-corrected chi connectivity index (χ4v) is 5.04. The minimum atomic E-state index is -0.556. The third kappa shape index (κ3) is 1.70. The smallest absolute Gasteiger partial charge is 0.312 e. The highest BCUT2D eigenvalue weighted by Crippen LogP contribution is 2.59. The van der Waals surface area contributed by atoms with E-state index >= 15 is 0 Å². The minimum Gasteiger partial charge on any atom is -0.469 e. The average Bonchev–Trinajstić information content (AvgIpc) is 2.37. The predicted molar refractivity (Wildman–Crippen MR) is 69.3 cm³/mol. The highest BCUT2D eigenvalue weighted by atomic mass is 79.9. The molecule has 0 atom stereocenters. The second kappa shape index (κ2) is 4.83. The summed E-state index contributed by atoms with van der Waals surface area (Å²) >= 11 is 3.63. The molecule has 0 aliphatic heterocycles. The van der Waals surface area contributed by atoms with E-state index in [0.717, 1.165) is 38.5 Å². The summed E-state index contributed by atoms with van der Waals surface area (Å²) in [7, 11) is 2.83. The molecular formula is C13H19BrO4. The van der Waals surface area contributed by atoms with E-state index in [4.69, 9.17) is 9.47 Å². The van der Waals surface area contributed by atoms with E-state index in [2.05, 4.69) is 15.9 Å². The lowest BCUT2D eigenvalue weighted by Crippen LogP contribution is -2.58. The van der Waals surface area contributed by atoms with Crippen LogP contribution in [0.4, 0.5) is 0 Å². The van der Waals surface area contributed by atoms with Crippen molar-refractivity contribution in [3.8, 4) is 0 Å². The zero-order valence-electron chi connectivity index (χ0n) is 10.8. The van der Waals surface area contributed by atoms with Crippen molar-refractivity contribution in [2.75, 3.05) is 14.2 Å². The zero-order chi connectivity index (χ0) is 13.4. The Morgan fingerprint density at radius 2 is 1.28 bits per heavy atom. The van der Waals surface area contributed by atoms with Crippen molar-refractivity contribution >= 4 is 27.9 Å². The number of methoxy groups -OCH3 is 2. The molecule has 2 fully saturated rings. The van der Waals surface area contributed by atoms with Gasteiger partial charge in [-0.1, -0.05) is 28.8 Å².